The SMILES string of the molecule is CC(=O)Cc1nc(C)c(C(C)C)s1. The molecule has 0 aromatic carbocycles. The predicted octanol–water partition coefficient (Wildman–Crippen LogP) is 2.71. The van der Waals surface area contributed by atoms with E-state index in [1.165, 1.54) is 4.88 Å². The molecule has 1 heterocycles. The van der Waals surface area contributed by atoms with Crippen molar-refractivity contribution in [3.8, 4) is 0 Å². The number of aryl methyl sites for hydroxylation is 1. The molecule has 0 aliphatic carbocycles. The highest BCUT2D eigenvalue weighted by molar-refractivity contribution is 7.11. The van der Waals surface area contributed by atoms with E-state index in [9.17, 15) is 4.79 Å². The van der Waals surface area contributed by atoms with E-state index in [-0.39, 0.29) is 5.78 Å². The van der Waals surface area contributed by atoms with Gasteiger partial charge in [0.25, 0.3) is 0 Å². The molecule has 0 bridgehead atoms. The molecule has 0 unspecified atom stereocenters. The molecular formula is C10H15NOS. The largest absolute Gasteiger partial charge is 0.300 e. The minimum atomic E-state index is 0.184. The first-order chi connectivity index (χ1) is 6.00. The van der Waals surface area contributed by atoms with Crippen molar-refractivity contribution in [2.24, 2.45) is 0 Å². The minimum Gasteiger partial charge on any atom is -0.300 e. The summed E-state index contributed by atoms with van der Waals surface area (Å²) >= 11 is 1.66. The van der Waals surface area contributed by atoms with Gasteiger partial charge >= 0.3 is 0 Å². The Labute approximate surface area is 83.0 Å². The number of nitrogens with zero attached hydrogens (tertiary/aromatic N) is 1. The van der Waals surface area contributed by atoms with Gasteiger partial charge in [0.1, 0.15) is 10.8 Å². The van der Waals surface area contributed by atoms with Crippen molar-refractivity contribution in [1.82, 2.24) is 4.98 Å². The lowest BCUT2D eigenvalue weighted by atomic mass is 10.1. The molecule has 1 rings (SSSR count). The lowest BCUT2D eigenvalue weighted by Gasteiger charge is -1.99. The highest BCUT2D eigenvalue weighted by Gasteiger charge is 2.11. The van der Waals surface area contributed by atoms with E-state index in [4.69, 9.17) is 0 Å². The van der Waals surface area contributed by atoms with Gasteiger partial charge in [-0.1, -0.05) is 13.8 Å². The van der Waals surface area contributed by atoms with Crippen LogP contribution in [0.3, 0.4) is 0 Å². The highest BCUT2D eigenvalue weighted by atomic mass is 32.1. The molecule has 1 aromatic heterocycles. The summed E-state index contributed by atoms with van der Waals surface area (Å²) in [5, 5.41) is 0.953. The number of thiazole rings is 1. The average molecular weight is 197 g/mol. The summed E-state index contributed by atoms with van der Waals surface area (Å²) in [5.41, 5.74) is 1.08. The topological polar surface area (TPSA) is 30.0 Å². The third-order valence-corrected chi connectivity index (χ3v) is 3.26. The van der Waals surface area contributed by atoms with Gasteiger partial charge in [-0.3, -0.25) is 4.79 Å². The molecule has 3 heteroatoms. The molecule has 2 nitrogen and oxygen atoms in total. The Morgan fingerprint density at radius 2 is 2.15 bits per heavy atom. The van der Waals surface area contributed by atoms with E-state index < -0.39 is 0 Å². The summed E-state index contributed by atoms with van der Waals surface area (Å²) in [6, 6.07) is 0. The van der Waals surface area contributed by atoms with Crippen LogP contribution in [0.1, 0.15) is 42.3 Å². The van der Waals surface area contributed by atoms with Gasteiger partial charge in [0.2, 0.25) is 0 Å². The third-order valence-electron chi connectivity index (χ3n) is 1.80. The number of hydrogen-bond donors (Lipinski definition) is 0. The van der Waals surface area contributed by atoms with Crippen molar-refractivity contribution in [2.75, 3.05) is 0 Å². The zero-order chi connectivity index (χ0) is 10.0. The standard InChI is InChI=1S/C10H15NOS/c1-6(2)10-8(4)11-9(13-10)5-7(3)12/h6H,5H2,1-4H3. The summed E-state index contributed by atoms with van der Waals surface area (Å²) in [6.07, 6.45) is 0.484. The maximum atomic E-state index is 10.9. The quantitative estimate of drug-likeness (QED) is 0.745. The van der Waals surface area contributed by atoms with Gasteiger partial charge in [-0.05, 0) is 19.8 Å². The van der Waals surface area contributed by atoms with Gasteiger partial charge in [0, 0.05) is 4.88 Å². The van der Waals surface area contributed by atoms with Crippen LogP contribution in [0.2, 0.25) is 0 Å². The van der Waals surface area contributed by atoms with Crippen molar-refractivity contribution in [3.63, 3.8) is 0 Å². The molecule has 0 amide bonds. The normalized spacial score (nSPS) is 10.8. The van der Waals surface area contributed by atoms with Crippen LogP contribution < -0.4 is 0 Å². The molecule has 72 valence electrons. The first kappa shape index (κ1) is 10.4. The van der Waals surface area contributed by atoms with Crippen LogP contribution in [0.25, 0.3) is 0 Å². The van der Waals surface area contributed by atoms with Crippen molar-refractivity contribution >= 4 is 17.1 Å². The van der Waals surface area contributed by atoms with Crippen LogP contribution >= 0.6 is 11.3 Å². The maximum Gasteiger partial charge on any atom is 0.136 e. The molecule has 0 saturated heterocycles. The molecule has 0 spiro atoms. The first-order valence-corrected chi connectivity index (χ1v) is 5.28. The number of aromatic nitrogens is 1. The van der Waals surface area contributed by atoms with Gasteiger partial charge < -0.3 is 0 Å². The number of carbonyl (C=O) groups is 1. The summed E-state index contributed by atoms with van der Waals surface area (Å²) in [5.74, 6) is 0.697. The summed E-state index contributed by atoms with van der Waals surface area (Å²) in [4.78, 5) is 16.5. The van der Waals surface area contributed by atoms with E-state index in [0.717, 1.165) is 10.7 Å². The Balaban J connectivity index is 2.88. The zero-order valence-corrected chi connectivity index (χ0v) is 9.36. The monoisotopic (exact) mass is 197 g/mol. The number of hydrogen-bond acceptors (Lipinski definition) is 3. The Morgan fingerprint density at radius 3 is 2.54 bits per heavy atom. The van der Waals surface area contributed by atoms with Crippen LogP contribution in [-0.4, -0.2) is 10.8 Å². The van der Waals surface area contributed by atoms with Gasteiger partial charge in [0.15, 0.2) is 0 Å². The van der Waals surface area contributed by atoms with Crippen LogP contribution in [-0.2, 0) is 11.2 Å². The van der Waals surface area contributed by atoms with E-state index in [1.54, 1.807) is 18.3 Å². The molecule has 0 radical (unpaired) electrons. The Bertz CT molecular complexity index is 315. The van der Waals surface area contributed by atoms with Crippen molar-refractivity contribution < 1.29 is 4.79 Å². The van der Waals surface area contributed by atoms with Crippen molar-refractivity contribution in [1.29, 1.82) is 0 Å². The summed E-state index contributed by atoms with van der Waals surface area (Å²) in [7, 11) is 0. The lowest BCUT2D eigenvalue weighted by Crippen LogP contribution is -1.94. The molecule has 0 aliphatic rings. The third kappa shape index (κ3) is 2.62. The zero-order valence-electron chi connectivity index (χ0n) is 8.55. The fourth-order valence-corrected chi connectivity index (χ4v) is 2.43. The van der Waals surface area contributed by atoms with E-state index >= 15 is 0 Å². The van der Waals surface area contributed by atoms with Crippen molar-refractivity contribution in [2.45, 2.75) is 40.0 Å². The predicted molar refractivity (Wildman–Crippen MR) is 55.3 cm³/mol. The molecule has 0 atom stereocenters. The Morgan fingerprint density at radius 1 is 1.54 bits per heavy atom. The summed E-state index contributed by atoms with van der Waals surface area (Å²) in [6.45, 7) is 7.91. The van der Waals surface area contributed by atoms with Crippen molar-refractivity contribution in [3.05, 3.63) is 15.6 Å². The van der Waals surface area contributed by atoms with E-state index in [0.29, 0.717) is 12.3 Å². The number of ketones is 1. The molecule has 0 fully saturated rings. The van der Waals surface area contributed by atoms with Crippen LogP contribution in [0.4, 0.5) is 0 Å². The lowest BCUT2D eigenvalue weighted by molar-refractivity contribution is -0.116. The van der Waals surface area contributed by atoms with Gasteiger partial charge in [-0.25, -0.2) is 4.98 Å². The molecular weight excluding hydrogens is 182 g/mol. The molecule has 0 saturated carbocycles. The molecule has 0 N–H and O–H groups in total. The fraction of sp³-hybridized carbons (Fsp3) is 0.600. The molecule has 13 heavy (non-hydrogen) atoms. The van der Waals surface area contributed by atoms with Crippen LogP contribution in [0, 0.1) is 6.92 Å². The van der Waals surface area contributed by atoms with Crippen LogP contribution in [0.5, 0.6) is 0 Å². The molecule has 1 aromatic rings. The average Bonchev–Trinajstić information content (AvgIpc) is 2.29. The second-order valence-corrected chi connectivity index (χ2v) is 4.71. The van der Waals surface area contributed by atoms with E-state index in [1.807, 2.05) is 6.92 Å². The van der Waals surface area contributed by atoms with Crippen LogP contribution in [0.15, 0.2) is 0 Å². The van der Waals surface area contributed by atoms with Gasteiger partial charge in [-0.2, -0.15) is 0 Å². The van der Waals surface area contributed by atoms with E-state index in [2.05, 4.69) is 18.8 Å². The number of rotatable bonds is 3. The Hall–Kier alpha value is -0.700. The smallest absolute Gasteiger partial charge is 0.136 e. The second-order valence-electron chi connectivity index (χ2n) is 3.59. The number of carbonyl (C=O) groups excluding carboxylic acids is 1. The second kappa shape index (κ2) is 4.01. The maximum absolute atomic E-state index is 10.9. The Kier molecular flexibility index (Phi) is 3.20. The van der Waals surface area contributed by atoms with Gasteiger partial charge in [-0.15, -0.1) is 11.3 Å². The highest BCUT2D eigenvalue weighted by Crippen LogP contribution is 2.26. The number of Topliss-reactive ketones (excluding diaryl/α,β-unsaturated/α-hetero) is 1. The fourth-order valence-electron chi connectivity index (χ4n) is 1.29. The first-order valence-electron chi connectivity index (χ1n) is 4.46. The molecule has 0 aliphatic heterocycles. The van der Waals surface area contributed by atoms with Gasteiger partial charge in [0.05, 0.1) is 12.1 Å². The minimum absolute atomic E-state index is 0.184. The summed E-state index contributed by atoms with van der Waals surface area (Å²) < 4.78 is 0.